The van der Waals surface area contributed by atoms with Gasteiger partial charge in [-0.05, 0) is 50.6 Å². The zero-order valence-corrected chi connectivity index (χ0v) is 13.4. The Morgan fingerprint density at radius 1 is 1.19 bits per heavy atom. The largest absolute Gasteiger partial charge is 0.496 e. The average Bonchev–Trinajstić information content (AvgIpc) is 2.91. The highest BCUT2D eigenvalue weighted by molar-refractivity contribution is 9.10. The quantitative estimate of drug-likeness (QED) is 0.779. The Hall–Kier alpha value is -1.78. The second kappa shape index (κ2) is 5.92. The van der Waals surface area contributed by atoms with Gasteiger partial charge in [-0.25, -0.2) is 0 Å². The second-order valence-corrected chi connectivity index (χ2v) is 5.83. The number of fused-ring (bicyclic) bond motifs is 1. The van der Waals surface area contributed by atoms with Crippen molar-refractivity contribution in [3.05, 3.63) is 64.3 Å². The van der Waals surface area contributed by atoms with Crippen LogP contribution in [0.4, 0.5) is 0 Å². The molecule has 2 aromatic carbocycles. The SMILES string of the molecule is COc1ccc(Cn2ccc3cccc(CN)c32)cc1Br. The highest BCUT2D eigenvalue weighted by Gasteiger charge is 2.07. The van der Waals surface area contributed by atoms with Crippen molar-refractivity contribution >= 4 is 26.8 Å². The standard InChI is InChI=1S/C17H17BrN2O/c1-21-16-6-5-12(9-15(16)18)11-20-8-7-13-3-2-4-14(10-19)17(13)20/h2-9H,10-11,19H2,1H3. The molecular weight excluding hydrogens is 328 g/mol. The summed E-state index contributed by atoms with van der Waals surface area (Å²) >= 11 is 3.54. The van der Waals surface area contributed by atoms with Crippen molar-refractivity contribution in [1.29, 1.82) is 0 Å². The van der Waals surface area contributed by atoms with E-state index in [0.29, 0.717) is 6.54 Å². The predicted octanol–water partition coefficient (Wildman–Crippen LogP) is 3.92. The number of nitrogens with zero attached hydrogens (tertiary/aromatic N) is 1. The summed E-state index contributed by atoms with van der Waals surface area (Å²) in [6.07, 6.45) is 2.11. The van der Waals surface area contributed by atoms with Gasteiger partial charge in [0.1, 0.15) is 5.75 Å². The molecule has 108 valence electrons. The molecule has 1 aromatic heterocycles. The van der Waals surface area contributed by atoms with Gasteiger partial charge in [-0.15, -0.1) is 0 Å². The predicted molar refractivity (Wildman–Crippen MR) is 89.6 cm³/mol. The minimum atomic E-state index is 0.549. The maximum absolute atomic E-state index is 5.86. The zero-order valence-electron chi connectivity index (χ0n) is 11.8. The van der Waals surface area contributed by atoms with Gasteiger partial charge >= 0.3 is 0 Å². The zero-order chi connectivity index (χ0) is 14.8. The molecule has 3 rings (SSSR count). The molecular formula is C17H17BrN2O. The number of aromatic nitrogens is 1. The highest BCUT2D eigenvalue weighted by Crippen LogP contribution is 2.27. The summed E-state index contributed by atoms with van der Waals surface area (Å²) in [5, 5.41) is 1.23. The summed E-state index contributed by atoms with van der Waals surface area (Å²) < 4.78 is 8.48. The lowest BCUT2D eigenvalue weighted by Gasteiger charge is -2.10. The summed E-state index contributed by atoms with van der Waals surface area (Å²) in [6.45, 7) is 1.36. The fourth-order valence-electron chi connectivity index (χ4n) is 2.64. The van der Waals surface area contributed by atoms with Crippen LogP contribution < -0.4 is 10.5 Å². The summed E-state index contributed by atoms with van der Waals surface area (Å²) in [6, 6.07) is 14.6. The van der Waals surface area contributed by atoms with Gasteiger partial charge in [0.15, 0.2) is 0 Å². The summed E-state index contributed by atoms with van der Waals surface area (Å²) in [5.74, 6) is 0.846. The van der Waals surface area contributed by atoms with Crippen molar-refractivity contribution in [2.45, 2.75) is 13.1 Å². The molecule has 0 saturated carbocycles. The van der Waals surface area contributed by atoms with Gasteiger partial charge in [-0.3, -0.25) is 0 Å². The molecule has 2 N–H and O–H groups in total. The Morgan fingerprint density at radius 2 is 2.05 bits per heavy atom. The molecule has 21 heavy (non-hydrogen) atoms. The molecule has 1 heterocycles. The van der Waals surface area contributed by atoms with Crippen LogP contribution in [0.1, 0.15) is 11.1 Å². The van der Waals surface area contributed by atoms with Crippen LogP contribution >= 0.6 is 15.9 Å². The van der Waals surface area contributed by atoms with Crippen LogP contribution in [0.15, 0.2) is 53.1 Å². The van der Waals surface area contributed by atoms with E-state index in [2.05, 4.69) is 63.1 Å². The number of nitrogens with two attached hydrogens (primary N) is 1. The van der Waals surface area contributed by atoms with Crippen LogP contribution in [0, 0.1) is 0 Å². The molecule has 0 saturated heterocycles. The Morgan fingerprint density at radius 3 is 2.76 bits per heavy atom. The molecule has 0 bridgehead atoms. The van der Waals surface area contributed by atoms with E-state index in [1.165, 1.54) is 22.0 Å². The molecule has 0 radical (unpaired) electrons. The number of rotatable bonds is 4. The monoisotopic (exact) mass is 344 g/mol. The lowest BCUT2D eigenvalue weighted by molar-refractivity contribution is 0.412. The molecule has 0 fully saturated rings. The van der Waals surface area contributed by atoms with E-state index in [9.17, 15) is 0 Å². The smallest absolute Gasteiger partial charge is 0.133 e. The van der Waals surface area contributed by atoms with Gasteiger partial charge in [-0.1, -0.05) is 24.3 Å². The van der Waals surface area contributed by atoms with Crippen LogP contribution in [-0.2, 0) is 13.1 Å². The van der Waals surface area contributed by atoms with E-state index in [1.54, 1.807) is 7.11 Å². The van der Waals surface area contributed by atoms with Gasteiger partial charge in [-0.2, -0.15) is 0 Å². The highest BCUT2D eigenvalue weighted by atomic mass is 79.9. The second-order valence-electron chi connectivity index (χ2n) is 4.97. The fourth-order valence-corrected chi connectivity index (χ4v) is 3.23. The van der Waals surface area contributed by atoms with Crippen molar-refractivity contribution in [3.63, 3.8) is 0 Å². The maximum Gasteiger partial charge on any atom is 0.133 e. The van der Waals surface area contributed by atoms with E-state index >= 15 is 0 Å². The number of hydrogen-bond acceptors (Lipinski definition) is 2. The van der Waals surface area contributed by atoms with Crippen molar-refractivity contribution in [3.8, 4) is 5.75 Å². The topological polar surface area (TPSA) is 40.2 Å². The minimum Gasteiger partial charge on any atom is -0.496 e. The third-order valence-corrected chi connectivity index (χ3v) is 4.28. The molecule has 4 heteroatoms. The van der Waals surface area contributed by atoms with E-state index < -0.39 is 0 Å². The first-order chi connectivity index (χ1) is 10.2. The number of ether oxygens (including phenoxy) is 1. The molecule has 0 aliphatic heterocycles. The third-order valence-electron chi connectivity index (χ3n) is 3.66. The Labute approximate surface area is 132 Å². The fraction of sp³-hybridized carbons (Fsp3) is 0.176. The van der Waals surface area contributed by atoms with Crippen LogP contribution in [0.5, 0.6) is 5.75 Å². The first kappa shape index (κ1) is 14.2. The lowest BCUT2D eigenvalue weighted by atomic mass is 10.1. The molecule has 3 aromatic rings. The molecule has 0 unspecified atom stereocenters. The molecule has 0 amide bonds. The lowest BCUT2D eigenvalue weighted by Crippen LogP contribution is -2.03. The van der Waals surface area contributed by atoms with Crippen LogP contribution in [0.2, 0.25) is 0 Å². The Balaban J connectivity index is 2.00. The summed E-state index contributed by atoms with van der Waals surface area (Å²) in [7, 11) is 1.67. The molecule has 0 spiro atoms. The van der Waals surface area contributed by atoms with Crippen molar-refractivity contribution in [2.75, 3.05) is 7.11 Å². The third kappa shape index (κ3) is 2.69. The van der Waals surface area contributed by atoms with E-state index in [-0.39, 0.29) is 0 Å². The average molecular weight is 345 g/mol. The van der Waals surface area contributed by atoms with Crippen LogP contribution in [0.3, 0.4) is 0 Å². The number of methoxy groups -OCH3 is 1. The number of halogens is 1. The van der Waals surface area contributed by atoms with E-state index in [0.717, 1.165) is 16.8 Å². The molecule has 0 aliphatic rings. The molecule has 0 atom stereocenters. The molecule has 0 aliphatic carbocycles. The number of para-hydroxylation sites is 1. The number of hydrogen-bond donors (Lipinski definition) is 1. The molecule has 3 nitrogen and oxygen atoms in total. The first-order valence-electron chi connectivity index (χ1n) is 6.82. The normalized spacial score (nSPS) is 11.0. The maximum atomic E-state index is 5.86. The Bertz CT molecular complexity index is 780. The van der Waals surface area contributed by atoms with E-state index in [4.69, 9.17) is 10.5 Å². The van der Waals surface area contributed by atoms with Crippen LogP contribution in [-0.4, -0.2) is 11.7 Å². The van der Waals surface area contributed by atoms with Crippen molar-refractivity contribution in [1.82, 2.24) is 4.57 Å². The Kier molecular flexibility index (Phi) is 3.99. The van der Waals surface area contributed by atoms with Gasteiger partial charge in [0, 0.05) is 19.3 Å². The summed E-state index contributed by atoms with van der Waals surface area (Å²) in [5.41, 5.74) is 9.46. The minimum absolute atomic E-state index is 0.549. The van der Waals surface area contributed by atoms with Crippen LogP contribution in [0.25, 0.3) is 10.9 Å². The van der Waals surface area contributed by atoms with Gasteiger partial charge in [0.25, 0.3) is 0 Å². The van der Waals surface area contributed by atoms with Gasteiger partial charge < -0.3 is 15.0 Å². The van der Waals surface area contributed by atoms with E-state index in [1.807, 2.05) is 6.07 Å². The summed E-state index contributed by atoms with van der Waals surface area (Å²) in [4.78, 5) is 0. The van der Waals surface area contributed by atoms with Crippen molar-refractivity contribution < 1.29 is 4.74 Å². The van der Waals surface area contributed by atoms with Gasteiger partial charge in [0.05, 0.1) is 17.1 Å². The van der Waals surface area contributed by atoms with Crippen molar-refractivity contribution in [2.24, 2.45) is 5.73 Å². The van der Waals surface area contributed by atoms with Gasteiger partial charge in [0.2, 0.25) is 0 Å². The first-order valence-corrected chi connectivity index (χ1v) is 7.61. The number of benzene rings is 2.